The third-order valence-corrected chi connectivity index (χ3v) is 3.29. The van der Waals surface area contributed by atoms with E-state index in [0.717, 1.165) is 5.56 Å². The van der Waals surface area contributed by atoms with E-state index in [0.29, 0.717) is 16.9 Å². The third-order valence-electron chi connectivity index (χ3n) is 3.00. The van der Waals surface area contributed by atoms with Gasteiger partial charge in [0.05, 0.1) is 5.02 Å². The van der Waals surface area contributed by atoms with Crippen LogP contribution in [0, 0.1) is 12.7 Å². The van der Waals surface area contributed by atoms with E-state index in [4.69, 9.17) is 16.3 Å². The van der Waals surface area contributed by atoms with E-state index in [1.54, 1.807) is 30.3 Å². The minimum atomic E-state index is -0.466. The van der Waals surface area contributed by atoms with Crippen molar-refractivity contribution < 1.29 is 13.9 Å². The quantitative estimate of drug-likeness (QED) is 0.772. The molecular weight excluding hydrogens is 279 g/mol. The van der Waals surface area contributed by atoms with Crippen LogP contribution in [0.15, 0.2) is 36.4 Å². The summed E-state index contributed by atoms with van der Waals surface area (Å²) in [6.07, 6.45) is 0. The first-order valence-corrected chi connectivity index (χ1v) is 6.54. The van der Waals surface area contributed by atoms with Gasteiger partial charge in [0.15, 0.2) is 5.78 Å². The van der Waals surface area contributed by atoms with Crippen molar-refractivity contribution in [1.82, 2.24) is 0 Å². The van der Waals surface area contributed by atoms with Crippen LogP contribution < -0.4 is 4.74 Å². The molecule has 0 radical (unpaired) electrons. The van der Waals surface area contributed by atoms with Crippen LogP contribution in [0.25, 0.3) is 0 Å². The summed E-state index contributed by atoms with van der Waals surface area (Å²) in [7, 11) is 0. The molecule has 2 aromatic carbocycles. The second-order valence-electron chi connectivity index (χ2n) is 4.54. The average molecular weight is 293 g/mol. The van der Waals surface area contributed by atoms with Gasteiger partial charge in [0.25, 0.3) is 0 Å². The van der Waals surface area contributed by atoms with Gasteiger partial charge >= 0.3 is 0 Å². The van der Waals surface area contributed by atoms with E-state index in [1.165, 1.54) is 13.0 Å². The maximum Gasteiger partial charge on any atom is 0.159 e. The zero-order valence-corrected chi connectivity index (χ0v) is 12.0. The minimum absolute atomic E-state index is 0.000496. The number of hydrogen-bond donors (Lipinski definition) is 0. The fourth-order valence-corrected chi connectivity index (χ4v) is 2.04. The Labute approximate surface area is 122 Å². The van der Waals surface area contributed by atoms with Crippen molar-refractivity contribution in [1.29, 1.82) is 0 Å². The average Bonchev–Trinajstić information content (AvgIpc) is 2.41. The second kappa shape index (κ2) is 6.06. The molecule has 0 saturated heterocycles. The molecule has 20 heavy (non-hydrogen) atoms. The molecule has 0 spiro atoms. The molecule has 0 aliphatic carbocycles. The van der Waals surface area contributed by atoms with Gasteiger partial charge in [-0.1, -0.05) is 23.7 Å². The van der Waals surface area contributed by atoms with Crippen molar-refractivity contribution in [2.45, 2.75) is 20.5 Å². The number of benzene rings is 2. The Balaban J connectivity index is 2.15. The van der Waals surface area contributed by atoms with Crippen LogP contribution in [0.4, 0.5) is 4.39 Å². The molecule has 0 N–H and O–H groups in total. The van der Waals surface area contributed by atoms with Gasteiger partial charge in [-0.25, -0.2) is 4.39 Å². The molecule has 0 heterocycles. The monoisotopic (exact) mass is 292 g/mol. The number of Topliss-reactive ketones (excluding diaryl/α,β-unsaturated/α-hetero) is 1. The van der Waals surface area contributed by atoms with Gasteiger partial charge in [-0.05, 0) is 43.7 Å². The Morgan fingerprint density at radius 3 is 2.70 bits per heavy atom. The van der Waals surface area contributed by atoms with Gasteiger partial charge in [-0.15, -0.1) is 0 Å². The molecule has 2 rings (SSSR count). The molecule has 0 unspecified atom stereocenters. The van der Waals surface area contributed by atoms with Crippen molar-refractivity contribution >= 4 is 17.4 Å². The minimum Gasteiger partial charge on any atom is -0.489 e. The van der Waals surface area contributed by atoms with E-state index in [9.17, 15) is 9.18 Å². The van der Waals surface area contributed by atoms with E-state index >= 15 is 0 Å². The van der Waals surface area contributed by atoms with Crippen LogP contribution in [-0.2, 0) is 6.61 Å². The lowest BCUT2D eigenvalue weighted by molar-refractivity contribution is 0.101. The van der Waals surface area contributed by atoms with Gasteiger partial charge in [-0.2, -0.15) is 0 Å². The van der Waals surface area contributed by atoms with Crippen LogP contribution >= 0.6 is 11.6 Å². The van der Waals surface area contributed by atoms with E-state index in [2.05, 4.69) is 0 Å². The predicted octanol–water partition coefficient (Wildman–Crippen LogP) is 4.57. The number of ether oxygens (including phenoxy) is 1. The first-order valence-electron chi connectivity index (χ1n) is 6.16. The van der Waals surface area contributed by atoms with E-state index in [1.807, 2.05) is 6.92 Å². The lowest BCUT2D eigenvalue weighted by Gasteiger charge is -2.11. The van der Waals surface area contributed by atoms with Gasteiger partial charge in [0.1, 0.15) is 18.2 Å². The SMILES string of the molecule is CC(=O)c1ccc(OCc2cccc(Cl)c2F)c(C)c1. The largest absolute Gasteiger partial charge is 0.489 e. The Hall–Kier alpha value is -1.87. The smallest absolute Gasteiger partial charge is 0.159 e. The molecule has 4 heteroatoms. The van der Waals surface area contributed by atoms with E-state index < -0.39 is 5.82 Å². The molecule has 2 aromatic rings. The molecule has 2 nitrogen and oxygen atoms in total. The highest BCUT2D eigenvalue weighted by Crippen LogP contribution is 2.23. The maximum absolute atomic E-state index is 13.7. The highest BCUT2D eigenvalue weighted by Gasteiger charge is 2.09. The molecule has 0 aliphatic rings. The van der Waals surface area contributed by atoms with Gasteiger partial charge in [-0.3, -0.25) is 4.79 Å². The number of carbonyl (C=O) groups excluding carboxylic acids is 1. The fourth-order valence-electron chi connectivity index (χ4n) is 1.85. The van der Waals surface area contributed by atoms with Crippen LogP contribution in [0.5, 0.6) is 5.75 Å². The van der Waals surface area contributed by atoms with Gasteiger partial charge in [0, 0.05) is 11.1 Å². The van der Waals surface area contributed by atoms with Crippen LogP contribution in [0.1, 0.15) is 28.4 Å². The Morgan fingerprint density at radius 1 is 1.30 bits per heavy atom. The number of rotatable bonds is 4. The van der Waals surface area contributed by atoms with Crippen molar-refractivity contribution in [3.63, 3.8) is 0 Å². The molecule has 0 bridgehead atoms. The van der Waals surface area contributed by atoms with Crippen molar-refractivity contribution in [3.8, 4) is 5.75 Å². The fraction of sp³-hybridized carbons (Fsp3) is 0.188. The number of carbonyl (C=O) groups is 1. The lowest BCUT2D eigenvalue weighted by Crippen LogP contribution is -2.01. The molecular formula is C16H14ClFO2. The normalized spacial score (nSPS) is 10.4. The van der Waals surface area contributed by atoms with Crippen molar-refractivity contribution in [3.05, 3.63) is 63.9 Å². The Kier molecular flexibility index (Phi) is 4.40. The summed E-state index contributed by atoms with van der Waals surface area (Å²) in [6.45, 7) is 3.44. The maximum atomic E-state index is 13.7. The van der Waals surface area contributed by atoms with Crippen molar-refractivity contribution in [2.24, 2.45) is 0 Å². The first-order chi connectivity index (χ1) is 9.49. The molecule has 0 fully saturated rings. The molecule has 0 atom stereocenters. The van der Waals surface area contributed by atoms with Gasteiger partial charge < -0.3 is 4.74 Å². The standard InChI is InChI=1S/C16H14ClFO2/c1-10-8-12(11(2)19)6-7-15(10)20-9-13-4-3-5-14(17)16(13)18/h3-8H,9H2,1-2H3. The number of halogens is 2. The number of ketones is 1. The number of aryl methyl sites for hydroxylation is 1. The van der Waals surface area contributed by atoms with E-state index in [-0.39, 0.29) is 17.4 Å². The van der Waals surface area contributed by atoms with Crippen LogP contribution in [-0.4, -0.2) is 5.78 Å². The van der Waals surface area contributed by atoms with Crippen LogP contribution in [0.3, 0.4) is 0 Å². The lowest BCUT2D eigenvalue weighted by atomic mass is 10.1. The summed E-state index contributed by atoms with van der Waals surface area (Å²) < 4.78 is 19.3. The Morgan fingerprint density at radius 2 is 2.05 bits per heavy atom. The second-order valence-corrected chi connectivity index (χ2v) is 4.95. The summed E-state index contributed by atoms with van der Waals surface area (Å²) in [6, 6.07) is 9.96. The highest BCUT2D eigenvalue weighted by molar-refractivity contribution is 6.30. The third kappa shape index (κ3) is 3.17. The predicted molar refractivity (Wildman–Crippen MR) is 76.9 cm³/mol. The number of hydrogen-bond acceptors (Lipinski definition) is 2. The first kappa shape index (κ1) is 14.5. The summed E-state index contributed by atoms with van der Waals surface area (Å²) in [5.74, 6) is 0.155. The molecule has 0 aromatic heterocycles. The zero-order chi connectivity index (χ0) is 14.7. The summed E-state index contributed by atoms with van der Waals surface area (Å²) in [4.78, 5) is 11.3. The van der Waals surface area contributed by atoms with Crippen molar-refractivity contribution in [2.75, 3.05) is 0 Å². The summed E-state index contributed by atoms with van der Waals surface area (Å²) in [5, 5.41) is 0.0785. The highest BCUT2D eigenvalue weighted by atomic mass is 35.5. The molecule has 104 valence electrons. The summed E-state index contributed by atoms with van der Waals surface area (Å²) >= 11 is 5.71. The molecule has 0 aliphatic heterocycles. The topological polar surface area (TPSA) is 26.3 Å². The summed E-state index contributed by atoms with van der Waals surface area (Å²) in [5.41, 5.74) is 1.86. The Bertz CT molecular complexity index is 653. The molecule has 0 saturated carbocycles. The van der Waals surface area contributed by atoms with Crippen LogP contribution in [0.2, 0.25) is 5.02 Å². The molecule has 0 amide bonds. The van der Waals surface area contributed by atoms with Gasteiger partial charge in [0.2, 0.25) is 0 Å². The zero-order valence-electron chi connectivity index (χ0n) is 11.2.